The molecule has 10 nitrogen and oxygen atoms in total. The summed E-state index contributed by atoms with van der Waals surface area (Å²) in [6.45, 7) is 1.42. The zero-order valence-corrected chi connectivity index (χ0v) is 14.5. The third-order valence-corrected chi connectivity index (χ3v) is 4.01. The number of methoxy groups -OCH3 is 2. The van der Waals surface area contributed by atoms with Gasteiger partial charge in [-0.1, -0.05) is 0 Å². The molecule has 0 bridgehead atoms. The summed E-state index contributed by atoms with van der Waals surface area (Å²) >= 11 is 0. The molecule has 3 heterocycles. The number of aromatic nitrogens is 5. The second-order valence-corrected chi connectivity index (χ2v) is 5.72. The third-order valence-electron chi connectivity index (χ3n) is 4.01. The minimum atomic E-state index is -0.150. The van der Waals surface area contributed by atoms with E-state index in [9.17, 15) is 4.79 Å². The lowest BCUT2D eigenvalue weighted by atomic mass is 10.1. The molecule has 2 aromatic heterocycles. The van der Waals surface area contributed by atoms with E-state index in [0.717, 1.165) is 12.8 Å². The standard InChI is InChI=1S/C15H21N7O3/c1-21-7-6-11(20-21)12(23)16-10-4-8-22(9-5-10)13-17-14(24-2)19-15(18-13)25-3/h6-7,10H,4-5,8-9H2,1-3H3,(H,16,23). The first-order valence-electron chi connectivity index (χ1n) is 7.98. The van der Waals surface area contributed by atoms with E-state index in [-0.39, 0.29) is 24.0 Å². The first kappa shape index (κ1) is 16.9. The Morgan fingerprint density at radius 1 is 1.16 bits per heavy atom. The molecular formula is C15H21N7O3. The molecule has 1 N–H and O–H groups in total. The van der Waals surface area contributed by atoms with Crippen LogP contribution in [0.25, 0.3) is 0 Å². The largest absolute Gasteiger partial charge is 0.467 e. The summed E-state index contributed by atoms with van der Waals surface area (Å²) < 4.78 is 11.8. The number of ether oxygens (including phenoxy) is 2. The highest BCUT2D eigenvalue weighted by Gasteiger charge is 2.24. The Hall–Kier alpha value is -2.91. The lowest BCUT2D eigenvalue weighted by Gasteiger charge is -2.32. The maximum Gasteiger partial charge on any atom is 0.324 e. The van der Waals surface area contributed by atoms with Crippen LogP contribution in [-0.4, -0.2) is 64.0 Å². The van der Waals surface area contributed by atoms with Gasteiger partial charge in [-0.3, -0.25) is 9.48 Å². The lowest BCUT2D eigenvalue weighted by Crippen LogP contribution is -2.45. The fraction of sp³-hybridized carbons (Fsp3) is 0.533. The Bertz CT molecular complexity index is 718. The zero-order chi connectivity index (χ0) is 17.8. The van der Waals surface area contributed by atoms with Crippen molar-refractivity contribution < 1.29 is 14.3 Å². The van der Waals surface area contributed by atoms with Crippen LogP contribution in [0.1, 0.15) is 23.3 Å². The molecule has 10 heteroatoms. The molecule has 0 saturated carbocycles. The summed E-state index contributed by atoms with van der Waals surface area (Å²) in [7, 11) is 4.78. The molecule has 25 heavy (non-hydrogen) atoms. The van der Waals surface area contributed by atoms with E-state index in [1.807, 2.05) is 4.90 Å². The number of aryl methyl sites for hydroxylation is 1. The summed E-state index contributed by atoms with van der Waals surface area (Å²) in [4.78, 5) is 26.7. The summed E-state index contributed by atoms with van der Waals surface area (Å²) in [6, 6.07) is 2.23. The number of piperidine rings is 1. The third kappa shape index (κ3) is 3.95. The van der Waals surface area contributed by atoms with Crippen molar-refractivity contribution in [1.82, 2.24) is 30.0 Å². The number of carbonyl (C=O) groups is 1. The Morgan fingerprint density at radius 2 is 1.80 bits per heavy atom. The minimum absolute atomic E-state index is 0.0939. The van der Waals surface area contributed by atoms with Gasteiger partial charge in [-0.05, 0) is 18.9 Å². The van der Waals surface area contributed by atoms with Crippen LogP contribution >= 0.6 is 0 Å². The normalized spacial score (nSPS) is 15.1. The summed E-state index contributed by atoms with van der Waals surface area (Å²) in [5.74, 6) is 0.362. The molecule has 1 fully saturated rings. The quantitative estimate of drug-likeness (QED) is 0.807. The van der Waals surface area contributed by atoms with Crippen LogP contribution in [0, 0.1) is 0 Å². The van der Waals surface area contributed by atoms with Crippen molar-refractivity contribution in [3.05, 3.63) is 18.0 Å². The van der Waals surface area contributed by atoms with Crippen molar-refractivity contribution in [3.63, 3.8) is 0 Å². The summed E-state index contributed by atoms with van der Waals surface area (Å²) in [6.07, 6.45) is 3.32. The summed E-state index contributed by atoms with van der Waals surface area (Å²) in [5, 5.41) is 7.14. The maximum atomic E-state index is 12.2. The van der Waals surface area contributed by atoms with Crippen molar-refractivity contribution in [1.29, 1.82) is 0 Å². The molecule has 1 saturated heterocycles. The average molecular weight is 347 g/mol. The van der Waals surface area contributed by atoms with Crippen LogP contribution in [0.4, 0.5) is 5.95 Å². The van der Waals surface area contributed by atoms with E-state index >= 15 is 0 Å². The second kappa shape index (κ2) is 7.32. The molecule has 1 aliphatic heterocycles. The van der Waals surface area contributed by atoms with Crippen molar-refractivity contribution >= 4 is 11.9 Å². The topological polar surface area (TPSA) is 107 Å². The number of carbonyl (C=O) groups excluding carboxylic acids is 1. The number of hydrogen-bond donors (Lipinski definition) is 1. The number of nitrogens with zero attached hydrogens (tertiary/aromatic N) is 6. The van der Waals surface area contributed by atoms with Crippen LogP contribution < -0.4 is 19.7 Å². The van der Waals surface area contributed by atoms with E-state index in [4.69, 9.17) is 9.47 Å². The average Bonchev–Trinajstić information content (AvgIpc) is 3.08. The Balaban J connectivity index is 1.59. The maximum absolute atomic E-state index is 12.2. The SMILES string of the molecule is COc1nc(OC)nc(N2CCC(NC(=O)c3ccn(C)n3)CC2)n1. The highest BCUT2D eigenvalue weighted by atomic mass is 16.5. The first-order valence-corrected chi connectivity index (χ1v) is 7.98. The van der Waals surface area contributed by atoms with E-state index in [1.165, 1.54) is 14.2 Å². The van der Waals surface area contributed by atoms with E-state index in [0.29, 0.717) is 24.7 Å². The highest BCUT2D eigenvalue weighted by molar-refractivity contribution is 5.92. The molecule has 0 aromatic carbocycles. The molecule has 3 rings (SSSR count). The molecule has 2 aromatic rings. The molecule has 0 atom stereocenters. The molecule has 0 aliphatic carbocycles. The van der Waals surface area contributed by atoms with Gasteiger partial charge >= 0.3 is 12.0 Å². The number of hydrogen-bond acceptors (Lipinski definition) is 8. The van der Waals surface area contributed by atoms with Gasteiger partial charge in [0, 0.05) is 32.4 Å². The predicted octanol–water partition coefficient (Wildman–Crippen LogP) is 0.0211. The molecule has 1 aliphatic rings. The Kier molecular flexibility index (Phi) is 4.96. The van der Waals surface area contributed by atoms with E-state index < -0.39 is 0 Å². The van der Waals surface area contributed by atoms with Crippen molar-refractivity contribution in [3.8, 4) is 12.0 Å². The molecular weight excluding hydrogens is 326 g/mol. The van der Waals surface area contributed by atoms with Gasteiger partial charge in [0.15, 0.2) is 0 Å². The fourth-order valence-electron chi connectivity index (χ4n) is 2.67. The number of anilines is 1. The molecule has 0 radical (unpaired) electrons. The number of amides is 1. The second-order valence-electron chi connectivity index (χ2n) is 5.72. The smallest absolute Gasteiger partial charge is 0.324 e. The van der Waals surface area contributed by atoms with Gasteiger partial charge in [-0.15, -0.1) is 4.98 Å². The van der Waals surface area contributed by atoms with Crippen molar-refractivity contribution in [2.24, 2.45) is 7.05 Å². The minimum Gasteiger partial charge on any atom is -0.467 e. The van der Waals surface area contributed by atoms with Gasteiger partial charge in [0.05, 0.1) is 14.2 Å². The lowest BCUT2D eigenvalue weighted by molar-refractivity contribution is 0.0925. The van der Waals surface area contributed by atoms with Gasteiger partial charge in [0.1, 0.15) is 5.69 Å². The first-order chi connectivity index (χ1) is 12.1. The van der Waals surface area contributed by atoms with Gasteiger partial charge in [-0.25, -0.2) is 0 Å². The zero-order valence-electron chi connectivity index (χ0n) is 14.5. The van der Waals surface area contributed by atoms with Crippen LogP contribution in [0.5, 0.6) is 12.0 Å². The van der Waals surface area contributed by atoms with Gasteiger partial charge in [0.2, 0.25) is 5.95 Å². The molecule has 0 unspecified atom stereocenters. The molecule has 0 spiro atoms. The Labute approximate surface area is 145 Å². The van der Waals surface area contributed by atoms with Crippen LogP contribution in [-0.2, 0) is 7.05 Å². The van der Waals surface area contributed by atoms with Crippen LogP contribution in [0.15, 0.2) is 12.3 Å². The van der Waals surface area contributed by atoms with E-state index in [1.54, 1.807) is 24.0 Å². The number of rotatable bonds is 5. The fourth-order valence-corrected chi connectivity index (χ4v) is 2.67. The van der Waals surface area contributed by atoms with Crippen LogP contribution in [0.3, 0.4) is 0 Å². The highest BCUT2D eigenvalue weighted by Crippen LogP contribution is 2.20. The summed E-state index contributed by atoms with van der Waals surface area (Å²) in [5.41, 5.74) is 0.428. The van der Waals surface area contributed by atoms with Gasteiger partial charge < -0.3 is 19.7 Å². The van der Waals surface area contributed by atoms with E-state index in [2.05, 4.69) is 25.4 Å². The molecule has 1 amide bonds. The number of nitrogens with one attached hydrogen (secondary N) is 1. The predicted molar refractivity (Wildman–Crippen MR) is 88.8 cm³/mol. The van der Waals surface area contributed by atoms with Gasteiger partial charge in [0.25, 0.3) is 5.91 Å². The Morgan fingerprint density at radius 3 is 2.32 bits per heavy atom. The van der Waals surface area contributed by atoms with Crippen molar-refractivity contribution in [2.75, 3.05) is 32.2 Å². The molecule has 134 valence electrons. The van der Waals surface area contributed by atoms with Gasteiger partial charge in [-0.2, -0.15) is 15.1 Å². The van der Waals surface area contributed by atoms with Crippen molar-refractivity contribution in [2.45, 2.75) is 18.9 Å². The van der Waals surface area contributed by atoms with Crippen LogP contribution in [0.2, 0.25) is 0 Å². The monoisotopic (exact) mass is 347 g/mol.